The molecule has 1 aliphatic rings. The summed E-state index contributed by atoms with van der Waals surface area (Å²) in [5.41, 5.74) is 3.25. The monoisotopic (exact) mass is 405 g/mol. The molecule has 3 aromatic heterocycles. The summed E-state index contributed by atoms with van der Waals surface area (Å²) in [7, 11) is 0. The van der Waals surface area contributed by atoms with Crippen molar-refractivity contribution in [2.45, 2.75) is 37.4 Å². The summed E-state index contributed by atoms with van der Waals surface area (Å²) in [6.45, 7) is 1.12. The highest BCUT2D eigenvalue weighted by atomic mass is 35.5. The molecule has 0 bridgehead atoms. The molecule has 1 unspecified atom stereocenters. The lowest BCUT2D eigenvalue weighted by Gasteiger charge is -2.17. The number of halogens is 4. The van der Waals surface area contributed by atoms with Gasteiger partial charge in [0.15, 0.2) is 5.65 Å². The second-order valence-corrected chi connectivity index (χ2v) is 7.58. The number of alkyl halides is 3. The van der Waals surface area contributed by atoms with E-state index in [4.69, 9.17) is 11.6 Å². The zero-order chi connectivity index (χ0) is 19.6. The lowest BCUT2D eigenvalue weighted by Crippen LogP contribution is -2.24. The van der Waals surface area contributed by atoms with E-state index < -0.39 is 12.2 Å². The van der Waals surface area contributed by atoms with Crippen LogP contribution in [0, 0.1) is 0 Å². The van der Waals surface area contributed by atoms with Gasteiger partial charge in [-0.2, -0.15) is 23.4 Å². The van der Waals surface area contributed by atoms with Crippen LogP contribution in [0.3, 0.4) is 0 Å². The fourth-order valence-corrected chi connectivity index (χ4v) is 4.02. The van der Waals surface area contributed by atoms with E-state index in [0.717, 1.165) is 34.8 Å². The van der Waals surface area contributed by atoms with Crippen molar-refractivity contribution >= 4 is 28.2 Å². The fraction of sp³-hybridized carbons (Fsp3) is 0.316. The number of imidazole rings is 1. The summed E-state index contributed by atoms with van der Waals surface area (Å²) in [4.78, 5) is 4.36. The molecule has 1 aromatic carbocycles. The number of nitrogens with zero attached hydrogens (tertiary/aromatic N) is 5. The number of fused-ring (bicyclic) bond motifs is 2. The Morgan fingerprint density at radius 1 is 1.21 bits per heavy atom. The molecule has 144 valence electrons. The average Bonchev–Trinajstić information content (AvgIpc) is 3.10. The highest BCUT2D eigenvalue weighted by Crippen LogP contribution is 2.56. The van der Waals surface area contributed by atoms with Gasteiger partial charge in [-0.15, -0.1) is 0 Å². The molecule has 4 aromatic rings. The smallest absolute Gasteiger partial charge is 0.253 e. The molecular formula is C19H15ClF3N5. The third kappa shape index (κ3) is 2.74. The molecule has 1 aliphatic carbocycles. The first kappa shape index (κ1) is 17.5. The predicted molar refractivity (Wildman–Crippen MR) is 98.6 cm³/mol. The molecule has 0 aliphatic heterocycles. The molecule has 9 heteroatoms. The molecule has 0 radical (unpaired) electrons. The normalized spacial score (nSPS) is 20.8. The minimum Gasteiger partial charge on any atom is -0.253 e. The molecule has 0 spiro atoms. The van der Waals surface area contributed by atoms with Crippen molar-refractivity contribution in [1.29, 1.82) is 0 Å². The standard InChI is InChI=1S/C19H15ClF3N5/c1-10(19(21,22)23)28-16-6-11(2-3-12(16)9-25-28)13-7-14(13)15-8-17(20)26-27-5-4-24-18(15)27/h2-6,8-10,13-14H,7H2,1H3/t10-,13+,14?/m0/s1. The molecule has 28 heavy (non-hydrogen) atoms. The Morgan fingerprint density at radius 2 is 2.04 bits per heavy atom. The minimum absolute atomic E-state index is 0.202. The summed E-state index contributed by atoms with van der Waals surface area (Å²) in [6, 6.07) is 5.75. The van der Waals surface area contributed by atoms with Crippen LogP contribution in [0.2, 0.25) is 5.15 Å². The second kappa shape index (κ2) is 5.94. The predicted octanol–water partition coefficient (Wildman–Crippen LogP) is 5.13. The van der Waals surface area contributed by atoms with Gasteiger partial charge >= 0.3 is 6.18 Å². The van der Waals surface area contributed by atoms with Crippen LogP contribution in [0.1, 0.15) is 42.3 Å². The molecule has 1 fully saturated rings. The zero-order valence-corrected chi connectivity index (χ0v) is 15.5. The Balaban J connectivity index is 1.52. The van der Waals surface area contributed by atoms with E-state index in [9.17, 15) is 13.2 Å². The van der Waals surface area contributed by atoms with Gasteiger partial charge in [-0.3, -0.25) is 4.68 Å². The molecule has 0 N–H and O–H groups in total. The Kier molecular flexibility index (Phi) is 3.71. The number of aromatic nitrogens is 5. The molecule has 3 atom stereocenters. The van der Waals surface area contributed by atoms with E-state index in [1.807, 2.05) is 24.3 Å². The first-order valence-electron chi connectivity index (χ1n) is 8.86. The highest BCUT2D eigenvalue weighted by Gasteiger charge is 2.42. The first-order valence-corrected chi connectivity index (χ1v) is 9.24. The third-order valence-electron chi connectivity index (χ3n) is 5.44. The van der Waals surface area contributed by atoms with E-state index in [1.165, 1.54) is 6.20 Å². The van der Waals surface area contributed by atoms with Crippen molar-refractivity contribution in [2.24, 2.45) is 0 Å². The molecule has 5 nitrogen and oxygen atoms in total. The number of benzene rings is 1. The number of hydrogen-bond acceptors (Lipinski definition) is 3. The first-order chi connectivity index (χ1) is 13.3. The van der Waals surface area contributed by atoms with E-state index in [0.29, 0.717) is 16.1 Å². The van der Waals surface area contributed by atoms with Gasteiger partial charge in [0.1, 0.15) is 11.2 Å². The Morgan fingerprint density at radius 3 is 2.82 bits per heavy atom. The quantitative estimate of drug-likeness (QED) is 0.475. The van der Waals surface area contributed by atoms with E-state index in [2.05, 4.69) is 15.2 Å². The van der Waals surface area contributed by atoms with Gasteiger partial charge in [-0.1, -0.05) is 23.7 Å². The fourth-order valence-electron chi connectivity index (χ4n) is 3.82. The highest BCUT2D eigenvalue weighted by molar-refractivity contribution is 6.29. The average molecular weight is 406 g/mol. The zero-order valence-electron chi connectivity index (χ0n) is 14.7. The van der Waals surface area contributed by atoms with Gasteiger partial charge in [0.2, 0.25) is 0 Å². The molecule has 0 saturated heterocycles. The lowest BCUT2D eigenvalue weighted by molar-refractivity contribution is -0.164. The second-order valence-electron chi connectivity index (χ2n) is 7.19. The van der Waals surface area contributed by atoms with Crippen molar-refractivity contribution in [3.8, 4) is 0 Å². The van der Waals surface area contributed by atoms with E-state index in [1.54, 1.807) is 16.9 Å². The number of rotatable bonds is 3. The maximum atomic E-state index is 13.2. The van der Waals surface area contributed by atoms with Crippen LogP contribution in [0.5, 0.6) is 0 Å². The summed E-state index contributed by atoms with van der Waals surface area (Å²) >= 11 is 6.13. The summed E-state index contributed by atoms with van der Waals surface area (Å²) in [5.74, 6) is 0.409. The Labute approximate surface area is 162 Å². The number of hydrogen-bond donors (Lipinski definition) is 0. The van der Waals surface area contributed by atoms with Gasteiger partial charge in [0.25, 0.3) is 0 Å². The van der Waals surface area contributed by atoms with E-state index >= 15 is 0 Å². The lowest BCUT2D eigenvalue weighted by atomic mass is 10.0. The van der Waals surface area contributed by atoms with Crippen LogP contribution < -0.4 is 0 Å². The molecular weight excluding hydrogens is 391 g/mol. The third-order valence-corrected chi connectivity index (χ3v) is 5.62. The van der Waals surface area contributed by atoms with Crippen molar-refractivity contribution < 1.29 is 13.2 Å². The molecule has 3 heterocycles. The van der Waals surface area contributed by atoms with Crippen LogP contribution in [-0.2, 0) is 0 Å². The molecule has 5 rings (SSSR count). The van der Waals surface area contributed by atoms with Gasteiger partial charge < -0.3 is 0 Å². The van der Waals surface area contributed by atoms with Gasteiger partial charge in [0.05, 0.1) is 11.7 Å². The SMILES string of the molecule is C[C@H](n1ncc2ccc([C@H]3CC3c3cc(Cl)nn4ccnc34)cc21)C(F)(F)F. The topological polar surface area (TPSA) is 48.0 Å². The van der Waals surface area contributed by atoms with Crippen molar-refractivity contribution in [3.63, 3.8) is 0 Å². The van der Waals surface area contributed by atoms with Crippen molar-refractivity contribution in [1.82, 2.24) is 24.4 Å². The maximum Gasteiger partial charge on any atom is 0.410 e. The minimum atomic E-state index is -4.35. The van der Waals surface area contributed by atoms with Gasteiger partial charge in [-0.05, 0) is 42.9 Å². The van der Waals surface area contributed by atoms with Gasteiger partial charge in [-0.25, -0.2) is 9.50 Å². The van der Waals surface area contributed by atoms with Crippen molar-refractivity contribution in [3.05, 3.63) is 59.1 Å². The van der Waals surface area contributed by atoms with Crippen LogP contribution in [-0.4, -0.2) is 30.6 Å². The van der Waals surface area contributed by atoms with Gasteiger partial charge in [0, 0.05) is 23.3 Å². The van der Waals surface area contributed by atoms with Crippen LogP contribution in [0.25, 0.3) is 16.6 Å². The van der Waals surface area contributed by atoms with Crippen LogP contribution in [0.4, 0.5) is 13.2 Å². The Hall–Kier alpha value is -2.61. The summed E-state index contributed by atoms with van der Waals surface area (Å²) < 4.78 is 42.2. The maximum absolute atomic E-state index is 13.2. The summed E-state index contributed by atoms with van der Waals surface area (Å²) in [6.07, 6.45) is 1.42. The summed E-state index contributed by atoms with van der Waals surface area (Å²) in [5, 5.41) is 9.24. The van der Waals surface area contributed by atoms with Crippen LogP contribution in [0.15, 0.2) is 42.9 Å². The van der Waals surface area contributed by atoms with Crippen molar-refractivity contribution in [2.75, 3.05) is 0 Å². The molecule has 0 amide bonds. The largest absolute Gasteiger partial charge is 0.410 e. The Bertz CT molecular complexity index is 1200. The van der Waals surface area contributed by atoms with E-state index in [-0.39, 0.29) is 11.8 Å². The molecule has 1 saturated carbocycles. The van der Waals surface area contributed by atoms with Crippen LogP contribution >= 0.6 is 11.6 Å².